The maximum absolute atomic E-state index is 14.2. The van der Waals surface area contributed by atoms with E-state index in [1.165, 1.54) is 7.11 Å². The molecule has 6 nitrogen and oxygen atoms in total. The van der Waals surface area contributed by atoms with Crippen LogP contribution >= 0.6 is 0 Å². The van der Waals surface area contributed by atoms with E-state index in [4.69, 9.17) is 9.47 Å². The number of carbonyl (C=O) groups excluding carboxylic acids is 1. The van der Waals surface area contributed by atoms with E-state index in [0.29, 0.717) is 5.56 Å². The zero-order chi connectivity index (χ0) is 18.9. The Morgan fingerprint density at radius 1 is 1.42 bits per heavy atom. The van der Waals surface area contributed by atoms with Crippen LogP contribution in [0.25, 0.3) is 0 Å². The third-order valence-electron chi connectivity index (χ3n) is 4.78. The lowest BCUT2D eigenvalue weighted by molar-refractivity contribution is -0.136. The average molecular weight is 373 g/mol. The van der Waals surface area contributed by atoms with Crippen LogP contribution < -0.4 is 14.8 Å². The molecule has 1 saturated carbocycles. The SMILES string of the molecule is COc1nc(OC2CC(F)(F)C2)c(F)cc1CNC(=O)[C@H](C)N1CCC1. The van der Waals surface area contributed by atoms with Crippen LogP contribution in [0.3, 0.4) is 0 Å². The molecule has 1 N–H and O–H groups in total. The predicted octanol–water partition coefficient (Wildman–Crippen LogP) is 2.12. The van der Waals surface area contributed by atoms with Crippen LogP contribution in [0.1, 0.15) is 31.7 Å². The third-order valence-corrected chi connectivity index (χ3v) is 4.78. The van der Waals surface area contributed by atoms with Gasteiger partial charge in [0, 0.05) is 38.0 Å². The van der Waals surface area contributed by atoms with Gasteiger partial charge in [-0.3, -0.25) is 9.69 Å². The molecule has 0 radical (unpaired) electrons. The summed E-state index contributed by atoms with van der Waals surface area (Å²) in [4.78, 5) is 18.1. The second-order valence-electron chi connectivity index (χ2n) is 6.73. The number of halogens is 3. The number of methoxy groups -OCH3 is 1. The third kappa shape index (κ3) is 4.03. The molecule has 2 fully saturated rings. The number of ether oxygens (including phenoxy) is 2. The Kier molecular flexibility index (Phi) is 5.27. The van der Waals surface area contributed by atoms with Crippen molar-refractivity contribution in [3.05, 3.63) is 17.4 Å². The molecular weight excluding hydrogens is 351 g/mol. The van der Waals surface area contributed by atoms with Crippen molar-refractivity contribution in [2.24, 2.45) is 0 Å². The minimum Gasteiger partial charge on any atom is -0.481 e. The van der Waals surface area contributed by atoms with Gasteiger partial charge < -0.3 is 14.8 Å². The molecular formula is C17H22F3N3O3. The number of pyridine rings is 1. The van der Waals surface area contributed by atoms with Gasteiger partial charge in [0.1, 0.15) is 6.10 Å². The Morgan fingerprint density at radius 3 is 2.65 bits per heavy atom. The number of aromatic nitrogens is 1. The zero-order valence-electron chi connectivity index (χ0n) is 14.7. The molecule has 2 heterocycles. The molecule has 1 aliphatic heterocycles. The number of alkyl halides is 2. The van der Waals surface area contributed by atoms with Crippen molar-refractivity contribution in [2.75, 3.05) is 20.2 Å². The maximum atomic E-state index is 14.2. The lowest BCUT2D eigenvalue weighted by atomic mass is 9.91. The quantitative estimate of drug-likeness (QED) is 0.793. The predicted molar refractivity (Wildman–Crippen MR) is 86.8 cm³/mol. The lowest BCUT2D eigenvalue weighted by Crippen LogP contribution is -2.51. The first-order chi connectivity index (χ1) is 12.3. The van der Waals surface area contributed by atoms with Gasteiger partial charge in [0.15, 0.2) is 5.82 Å². The van der Waals surface area contributed by atoms with Crippen LogP contribution in [0.4, 0.5) is 13.2 Å². The molecule has 1 aliphatic carbocycles. The first kappa shape index (κ1) is 18.8. The molecule has 9 heteroatoms. The van der Waals surface area contributed by atoms with Crippen molar-refractivity contribution in [2.45, 2.75) is 50.8 Å². The second-order valence-corrected chi connectivity index (χ2v) is 6.73. The van der Waals surface area contributed by atoms with E-state index in [1.807, 2.05) is 11.8 Å². The van der Waals surface area contributed by atoms with E-state index in [0.717, 1.165) is 25.6 Å². The molecule has 1 aromatic heterocycles. The van der Waals surface area contributed by atoms with E-state index < -0.39 is 30.7 Å². The summed E-state index contributed by atoms with van der Waals surface area (Å²) in [6.07, 6.45) is -0.597. The molecule has 1 saturated heterocycles. The molecule has 1 aromatic rings. The van der Waals surface area contributed by atoms with Crippen LogP contribution in [0.5, 0.6) is 11.8 Å². The summed E-state index contributed by atoms with van der Waals surface area (Å²) < 4.78 is 50.2. The summed E-state index contributed by atoms with van der Waals surface area (Å²) >= 11 is 0. The zero-order valence-corrected chi connectivity index (χ0v) is 14.7. The maximum Gasteiger partial charge on any atom is 0.255 e. The number of nitrogens with one attached hydrogen (secondary N) is 1. The molecule has 0 aromatic carbocycles. The lowest BCUT2D eigenvalue weighted by Gasteiger charge is -2.35. The first-order valence-electron chi connectivity index (χ1n) is 8.59. The van der Waals surface area contributed by atoms with Crippen LogP contribution in [-0.4, -0.2) is 54.1 Å². The number of amides is 1. The van der Waals surface area contributed by atoms with Crippen LogP contribution in [0.15, 0.2) is 6.07 Å². The average Bonchev–Trinajstić information content (AvgIpc) is 2.51. The summed E-state index contributed by atoms with van der Waals surface area (Å²) in [5.41, 5.74) is 0.348. The van der Waals surface area contributed by atoms with Crippen molar-refractivity contribution in [1.82, 2.24) is 15.2 Å². The Hall–Kier alpha value is -2.03. The van der Waals surface area contributed by atoms with Gasteiger partial charge in [0.25, 0.3) is 11.8 Å². The number of likely N-dealkylation sites (tertiary alicyclic amines) is 1. The summed E-state index contributed by atoms with van der Waals surface area (Å²) in [5.74, 6) is -3.98. The summed E-state index contributed by atoms with van der Waals surface area (Å²) in [5, 5.41) is 2.74. The van der Waals surface area contributed by atoms with Gasteiger partial charge in [-0.25, -0.2) is 13.2 Å². The molecule has 0 spiro atoms. The van der Waals surface area contributed by atoms with Crippen LogP contribution in [-0.2, 0) is 11.3 Å². The molecule has 3 rings (SSSR count). The Balaban J connectivity index is 1.62. The Labute approximate surface area is 149 Å². The molecule has 26 heavy (non-hydrogen) atoms. The monoisotopic (exact) mass is 373 g/mol. The number of carbonyl (C=O) groups is 1. The van der Waals surface area contributed by atoms with E-state index in [1.54, 1.807) is 0 Å². The highest BCUT2D eigenvalue weighted by Crippen LogP contribution is 2.40. The smallest absolute Gasteiger partial charge is 0.255 e. The van der Waals surface area contributed by atoms with Gasteiger partial charge in [0.2, 0.25) is 11.8 Å². The minimum atomic E-state index is -2.76. The first-order valence-corrected chi connectivity index (χ1v) is 8.59. The number of hydrogen-bond acceptors (Lipinski definition) is 5. The van der Waals surface area contributed by atoms with Gasteiger partial charge in [0.05, 0.1) is 13.2 Å². The van der Waals surface area contributed by atoms with Crippen LogP contribution in [0, 0.1) is 5.82 Å². The largest absolute Gasteiger partial charge is 0.481 e. The molecule has 1 amide bonds. The van der Waals surface area contributed by atoms with Crippen molar-refractivity contribution in [3.8, 4) is 11.8 Å². The number of nitrogens with zero attached hydrogens (tertiary/aromatic N) is 2. The highest BCUT2D eigenvalue weighted by Gasteiger charge is 2.47. The normalized spacial score (nSPS) is 20.7. The fraction of sp³-hybridized carbons (Fsp3) is 0.647. The van der Waals surface area contributed by atoms with E-state index in [-0.39, 0.29) is 30.3 Å². The van der Waals surface area contributed by atoms with Crippen molar-refractivity contribution < 1.29 is 27.4 Å². The molecule has 144 valence electrons. The van der Waals surface area contributed by atoms with Gasteiger partial charge in [-0.2, -0.15) is 4.98 Å². The van der Waals surface area contributed by atoms with Gasteiger partial charge >= 0.3 is 0 Å². The van der Waals surface area contributed by atoms with Gasteiger partial charge in [-0.1, -0.05) is 0 Å². The summed E-state index contributed by atoms with van der Waals surface area (Å²) in [6.45, 7) is 3.64. The van der Waals surface area contributed by atoms with E-state index in [9.17, 15) is 18.0 Å². The second kappa shape index (κ2) is 7.30. The summed E-state index contributed by atoms with van der Waals surface area (Å²) in [7, 11) is 1.36. The molecule has 0 bridgehead atoms. The van der Waals surface area contributed by atoms with Gasteiger partial charge in [-0.15, -0.1) is 0 Å². The Bertz CT molecular complexity index is 675. The number of hydrogen-bond donors (Lipinski definition) is 1. The number of rotatable bonds is 7. The van der Waals surface area contributed by atoms with Crippen molar-refractivity contribution in [3.63, 3.8) is 0 Å². The Morgan fingerprint density at radius 2 is 2.12 bits per heavy atom. The van der Waals surface area contributed by atoms with E-state index in [2.05, 4.69) is 10.3 Å². The van der Waals surface area contributed by atoms with Crippen LogP contribution in [0.2, 0.25) is 0 Å². The highest BCUT2D eigenvalue weighted by molar-refractivity contribution is 5.81. The van der Waals surface area contributed by atoms with E-state index >= 15 is 0 Å². The molecule has 0 unspecified atom stereocenters. The highest BCUT2D eigenvalue weighted by atomic mass is 19.3. The molecule has 1 atom stereocenters. The topological polar surface area (TPSA) is 63.7 Å². The van der Waals surface area contributed by atoms with Crippen molar-refractivity contribution >= 4 is 5.91 Å². The van der Waals surface area contributed by atoms with Crippen molar-refractivity contribution in [1.29, 1.82) is 0 Å². The van der Waals surface area contributed by atoms with Gasteiger partial charge in [-0.05, 0) is 19.4 Å². The fourth-order valence-electron chi connectivity index (χ4n) is 2.95. The standard InChI is InChI=1S/C17H22F3N3O3/c1-10(23-4-3-5-23)14(24)21-9-11-6-13(18)16(22-15(11)25-2)26-12-7-17(19,20)8-12/h6,10,12H,3-5,7-9H2,1-2H3,(H,21,24)/t10-/m0/s1. The fourth-order valence-corrected chi connectivity index (χ4v) is 2.95. The summed E-state index contributed by atoms with van der Waals surface area (Å²) in [6, 6.07) is 0.891. The molecule has 2 aliphatic rings. The minimum absolute atomic E-state index is 0.0475.